The fourth-order valence-electron chi connectivity index (χ4n) is 6.69. The van der Waals surface area contributed by atoms with E-state index >= 15 is 0 Å². The molecule has 0 atom stereocenters. The van der Waals surface area contributed by atoms with Crippen LogP contribution in [0.5, 0.6) is 0 Å². The predicted molar refractivity (Wildman–Crippen MR) is 214 cm³/mol. The first-order chi connectivity index (χ1) is 27.0. The van der Waals surface area contributed by atoms with Crippen LogP contribution in [0.1, 0.15) is 22.8 Å². The van der Waals surface area contributed by atoms with E-state index in [-0.39, 0.29) is 17.4 Å². The van der Waals surface area contributed by atoms with Crippen molar-refractivity contribution >= 4 is 56.5 Å². The minimum absolute atomic E-state index is 0. The molecule has 7 nitrogen and oxygen atoms in total. The summed E-state index contributed by atoms with van der Waals surface area (Å²) in [6.45, 7) is 0. The number of aromatic nitrogens is 4. The van der Waals surface area contributed by atoms with Crippen LogP contribution in [-0.4, -0.2) is 28.4 Å². The molecule has 0 fully saturated rings. The van der Waals surface area contributed by atoms with Gasteiger partial charge < -0.3 is 14.5 Å². The third-order valence-corrected chi connectivity index (χ3v) is 9.71. The van der Waals surface area contributed by atoms with E-state index in [4.69, 9.17) is 32.9 Å². The van der Waals surface area contributed by atoms with Gasteiger partial charge in [-0.15, -0.1) is 22.1 Å². The molecule has 4 aromatic carbocycles. The van der Waals surface area contributed by atoms with Crippen LogP contribution in [0.15, 0.2) is 146 Å². The minimum Gasteiger partial charge on any atom is -0.741 e. The third-order valence-electron chi connectivity index (χ3n) is 9.14. The van der Waals surface area contributed by atoms with Crippen LogP contribution >= 0.6 is 0 Å². The van der Waals surface area contributed by atoms with Gasteiger partial charge in [0.1, 0.15) is 0 Å². The fraction of sp³-hybridized carbons (Fsp3) is 0.0222. The number of benzene rings is 4. The topological polar surface area (TPSA) is 111 Å². The van der Waals surface area contributed by atoms with Gasteiger partial charge in [-0.1, -0.05) is 146 Å². The van der Waals surface area contributed by atoms with Gasteiger partial charge >= 0.3 is 22.9 Å². The van der Waals surface area contributed by atoms with Gasteiger partial charge in [0.2, 0.25) is 0 Å². The van der Waals surface area contributed by atoms with Gasteiger partial charge in [0, 0.05) is 0 Å². The summed E-state index contributed by atoms with van der Waals surface area (Å²) >= 11 is 0. The Kier molecular flexibility index (Phi) is 11.0. The van der Waals surface area contributed by atoms with E-state index in [1.165, 1.54) is 0 Å². The zero-order valence-electron chi connectivity index (χ0n) is 29.6. The van der Waals surface area contributed by atoms with Crippen molar-refractivity contribution in [2.75, 3.05) is 0 Å². The maximum Gasteiger partial charge on any atom is 3.00 e. The second-order valence-electron chi connectivity index (χ2n) is 12.7. The predicted octanol–water partition coefficient (Wildman–Crippen LogP) is 10.6. The molecule has 57 heavy (non-hydrogen) atoms. The van der Waals surface area contributed by atoms with Crippen molar-refractivity contribution < 1.29 is 43.5 Å². The van der Waals surface area contributed by atoms with E-state index in [1.54, 1.807) is 0 Å². The van der Waals surface area contributed by atoms with Crippen molar-refractivity contribution in [2.24, 2.45) is 0 Å². The molecule has 12 heteroatoms. The first-order valence-electron chi connectivity index (χ1n) is 17.3. The normalized spacial score (nSPS) is 12.1. The van der Waals surface area contributed by atoms with Crippen LogP contribution in [0, 0.1) is 0 Å². The standard InChI is InChI=1S/C44H28N4.CHF3O3S.Cr/c1-5-13-29(14-6-1)41-33-21-23-35(45-33)42(30-15-7-2-8-16-30)37-25-27-39(47-37)44(32-19-11-4-12-20-32)40-28-26-38(48-40)43(31-17-9-3-10-18-31)36-24-22-34(41)46-36;2-1(3,4)8(5,6)7;/h1-28H;(H,5,6,7);/q-2;;+3/p-1. The molecule has 0 unspecified atom stereocenters. The zero-order valence-corrected chi connectivity index (χ0v) is 31.7. The van der Waals surface area contributed by atoms with Crippen molar-refractivity contribution in [2.45, 2.75) is 5.51 Å². The Balaban J connectivity index is 0.000000501. The monoisotopic (exact) mass is 813 g/mol. The first-order valence-corrected chi connectivity index (χ1v) is 18.8. The van der Waals surface area contributed by atoms with Crippen molar-refractivity contribution in [3.8, 4) is 44.5 Å². The van der Waals surface area contributed by atoms with E-state index in [2.05, 4.69) is 146 Å². The van der Waals surface area contributed by atoms with Gasteiger partial charge in [-0.25, -0.2) is 18.4 Å². The summed E-state index contributed by atoms with van der Waals surface area (Å²) in [6, 6.07) is 50.0. The molecule has 0 saturated heterocycles. The molecule has 3 aromatic heterocycles. The van der Waals surface area contributed by atoms with Gasteiger partial charge in [0.25, 0.3) is 0 Å². The number of nitrogens with zero attached hydrogens (tertiary/aromatic N) is 4. The van der Waals surface area contributed by atoms with E-state index in [9.17, 15) is 13.2 Å². The van der Waals surface area contributed by atoms with E-state index in [0.29, 0.717) is 0 Å². The van der Waals surface area contributed by atoms with Crippen LogP contribution in [0.25, 0.3) is 90.9 Å². The molecule has 5 heterocycles. The average Bonchev–Trinajstić information content (AvgIpc) is 4.04. The smallest absolute Gasteiger partial charge is 0.741 e. The van der Waals surface area contributed by atoms with Crippen LogP contribution in [-0.2, 0) is 27.5 Å². The third kappa shape index (κ3) is 8.03. The van der Waals surface area contributed by atoms with E-state index < -0.39 is 15.6 Å². The number of halogens is 3. The Labute approximate surface area is 336 Å². The maximum atomic E-state index is 10.7. The Morgan fingerprint density at radius 1 is 0.421 bits per heavy atom. The summed E-state index contributed by atoms with van der Waals surface area (Å²) in [4.78, 5) is 21.2. The molecule has 279 valence electrons. The molecule has 2 aliphatic heterocycles. The molecule has 2 aliphatic rings. The molecule has 0 spiro atoms. The van der Waals surface area contributed by atoms with Crippen molar-refractivity contribution in [3.05, 3.63) is 168 Å². The molecule has 0 aliphatic carbocycles. The van der Waals surface area contributed by atoms with Gasteiger partial charge in [-0.2, -0.15) is 13.2 Å². The molecule has 8 bridgehead atoms. The molecule has 0 amide bonds. The molecule has 0 saturated carbocycles. The molecule has 1 radical (unpaired) electrons. The molecule has 9 rings (SSSR count). The molecular formula is C45H28CrF3N4O3S. The summed E-state index contributed by atoms with van der Waals surface area (Å²) < 4.78 is 58.9. The van der Waals surface area contributed by atoms with Crippen molar-refractivity contribution in [3.63, 3.8) is 0 Å². The van der Waals surface area contributed by atoms with E-state index in [1.807, 2.05) is 24.3 Å². The van der Waals surface area contributed by atoms with Crippen LogP contribution < -0.4 is 9.97 Å². The molecule has 7 aromatic rings. The number of rotatable bonds is 4. The first kappa shape index (κ1) is 39.0. The summed E-state index contributed by atoms with van der Waals surface area (Å²) in [5.41, 5.74) is 9.38. The second-order valence-corrected chi connectivity index (χ2v) is 14.1. The van der Waals surface area contributed by atoms with Crippen molar-refractivity contribution in [1.29, 1.82) is 0 Å². The summed E-state index contributed by atoms with van der Waals surface area (Å²) in [6.07, 6.45) is 8.41. The summed E-state index contributed by atoms with van der Waals surface area (Å²) in [7, 11) is -6.09. The maximum absolute atomic E-state index is 10.7. The Morgan fingerprint density at radius 3 is 0.825 bits per heavy atom. The summed E-state index contributed by atoms with van der Waals surface area (Å²) in [5, 5.41) is 0. The molecular weight excluding hydrogens is 786 g/mol. The quantitative estimate of drug-likeness (QED) is 0.128. The number of alkyl halides is 3. The van der Waals surface area contributed by atoms with Gasteiger partial charge in [-0.05, 0) is 68.8 Å². The fourth-order valence-corrected chi connectivity index (χ4v) is 6.69. The Bertz CT molecular complexity index is 2570. The second kappa shape index (κ2) is 16.1. The Hall–Kier alpha value is -6.29. The van der Waals surface area contributed by atoms with Crippen LogP contribution in [0.2, 0.25) is 0 Å². The van der Waals surface area contributed by atoms with Gasteiger partial charge in [-0.3, -0.25) is 0 Å². The van der Waals surface area contributed by atoms with Crippen molar-refractivity contribution in [1.82, 2.24) is 19.9 Å². The Morgan fingerprint density at radius 2 is 0.632 bits per heavy atom. The van der Waals surface area contributed by atoms with E-state index in [0.717, 1.165) is 89.4 Å². The SMILES string of the molecule is C1=Cc2nc1c(-c1ccccc1)c1ccc([n-]1)c(-c1ccccc1)c1nc(c(-c3ccccc3)c3ccc([n-]3)c2-c2ccccc2)C=C1.O=S(=O)([O-])C(F)(F)F.[Cr+3]. The van der Waals surface area contributed by atoms with Gasteiger partial charge in [0.15, 0.2) is 10.1 Å². The number of hydrogen-bond acceptors (Lipinski definition) is 5. The van der Waals surface area contributed by atoms with Crippen LogP contribution in [0.3, 0.4) is 0 Å². The average molecular weight is 814 g/mol. The van der Waals surface area contributed by atoms with Gasteiger partial charge in [0.05, 0.1) is 22.8 Å². The minimum atomic E-state index is -6.09. The van der Waals surface area contributed by atoms with Crippen LogP contribution in [0.4, 0.5) is 13.2 Å². The molecule has 0 N–H and O–H groups in total. The largest absolute Gasteiger partial charge is 3.00 e. The summed E-state index contributed by atoms with van der Waals surface area (Å²) in [5.74, 6) is 0. The zero-order chi connectivity index (χ0) is 38.9. The number of hydrogen-bond donors (Lipinski definition) is 0. The number of fused-ring (bicyclic) bond motifs is 8.